The summed E-state index contributed by atoms with van der Waals surface area (Å²) in [5.74, 6) is -0.822. The van der Waals surface area contributed by atoms with Gasteiger partial charge in [-0.2, -0.15) is 4.31 Å². The number of hydrogen-bond acceptors (Lipinski definition) is 6. The lowest BCUT2D eigenvalue weighted by Crippen LogP contribution is -2.32. The average Bonchev–Trinajstić information content (AvgIpc) is 3.07. The van der Waals surface area contributed by atoms with E-state index in [9.17, 15) is 18.0 Å². The maximum atomic E-state index is 13.0. The van der Waals surface area contributed by atoms with Crippen LogP contribution in [0.1, 0.15) is 36.8 Å². The van der Waals surface area contributed by atoms with Crippen molar-refractivity contribution in [3.05, 3.63) is 52.5 Å². The molecule has 1 saturated heterocycles. The van der Waals surface area contributed by atoms with Gasteiger partial charge in [0.15, 0.2) is 13.2 Å². The lowest BCUT2D eigenvalue weighted by Gasteiger charge is -2.20. The van der Waals surface area contributed by atoms with Crippen molar-refractivity contribution in [3.63, 3.8) is 0 Å². The first kappa shape index (κ1) is 26.0. The monoisotopic (exact) mass is 508 g/mol. The van der Waals surface area contributed by atoms with E-state index >= 15 is 0 Å². The van der Waals surface area contributed by atoms with Gasteiger partial charge in [-0.05, 0) is 68.1 Å². The molecule has 2 aromatic rings. The van der Waals surface area contributed by atoms with Gasteiger partial charge in [-0.25, -0.2) is 13.2 Å². The van der Waals surface area contributed by atoms with E-state index in [0.717, 1.165) is 36.8 Å². The highest BCUT2D eigenvalue weighted by atomic mass is 35.5. The van der Waals surface area contributed by atoms with Gasteiger partial charge in [-0.1, -0.05) is 30.5 Å². The summed E-state index contributed by atoms with van der Waals surface area (Å²) in [7, 11) is -3.70. The van der Waals surface area contributed by atoms with E-state index in [1.807, 2.05) is 19.9 Å². The molecule has 1 fully saturated rings. The van der Waals surface area contributed by atoms with Crippen molar-refractivity contribution < 1.29 is 27.5 Å². The number of nitrogens with one attached hydrogen (secondary N) is 1. The molecule has 0 aromatic heterocycles. The topological polar surface area (TPSA) is 102 Å². The molecule has 2 aromatic carbocycles. The Bertz CT molecular complexity index is 1120. The highest BCUT2D eigenvalue weighted by Crippen LogP contribution is 2.28. The number of nitrogens with zero attached hydrogens (tertiary/aromatic N) is 1. The minimum Gasteiger partial charge on any atom is -0.482 e. The van der Waals surface area contributed by atoms with Crippen molar-refractivity contribution >= 4 is 39.2 Å². The molecule has 0 saturated carbocycles. The van der Waals surface area contributed by atoms with E-state index in [1.165, 1.54) is 22.5 Å². The second-order valence-electron chi connectivity index (χ2n) is 8.28. The van der Waals surface area contributed by atoms with E-state index in [4.69, 9.17) is 21.1 Å². The predicted octanol–water partition coefficient (Wildman–Crippen LogP) is 4.08. The molecule has 1 amide bonds. The first-order valence-corrected chi connectivity index (χ1v) is 12.9. The molecule has 1 aliphatic rings. The smallest absolute Gasteiger partial charge is 0.344 e. The van der Waals surface area contributed by atoms with Crippen LogP contribution in [0.25, 0.3) is 0 Å². The van der Waals surface area contributed by atoms with Crippen LogP contribution in [0.4, 0.5) is 5.69 Å². The van der Waals surface area contributed by atoms with Gasteiger partial charge < -0.3 is 14.8 Å². The van der Waals surface area contributed by atoms with Crippen LogP contribution in [0.3, 0.4) is 0 Å². The normalized spacial score (nSPS) is 14.8. The zero-order valence-electron chi connectivity index (χ0n) is 19.3. The molecular formula is C24H29ClN2O6S. The van der Waals surface area contributed by atoms with Crippen LogP contribution in [-0.2, 0) is 24.3 Å². The number of carbonyl (C=O) groups is 2. The highest BCUT2D eigenvalue weighted by Gasteiger charge is 2.26. The molecule has 0 spiro atoms. The fourth-order valence-electron chi connectivity index (χ4n) is 3.72. The number of esters is 1. The van der Waals surface area contributed by atoms with Gasteiger partial charge in [0.1, 0.15) is 5.75 Å². The SMILES string of the molecule is Cc1cc(C)cc(OCC(=O)OCC(=O)Nc2cc(S(=O)(=O)N3CCCCCC3)ccc2Cl)c1. The zero-order valence-corrected chi connectivity index (χ0v) is 20.9. The summed E-state index contributed by atoms with van der Waals surface area (Å²) in [4.78, 5) is 24.3. The molecule has 0 bridgehead atoms. The minimum absolute atomic E-state index is 0.0490. The molecule has 10 heteroatoms. The first-order chi connectivity index (χ1) is 16.1. The van der Waals surface area contributed by atoms with Crippen molar-refractivity contribution in [2.24, 2.45) is 0 Å². The van der Waals surface area contributed by atoms with Gasteiger partial charge in [-0.15, -0.1) is 0 Å². The van der Waals surface area contributed by atoms with E-state index in [2.05, 4.69) is 5.32 Å². The number of aryl methyl sites for hydroxylation is 2. The Morgan fingerprint density at radius 1 is 0.971 bits per heavy atom. The lowest BCUT2D eigenvalue weighted by atomic mass is 10.1. The Morgan fingerprint density at radius 2 is 1.62 bits per heavy atom. The number of anilines is 1. The molecule has 1 heterocycles. The fourth-order valence-corrected chi connectivity index (χ4v) is 5.43. The third-order valence-corrected chi connectivity index (χ3v) is 7.56. The molecule has 3 rings (SSSR count). The molecule has 1 aliphatic heterocycles. The van der Waals surface area contributed by atoms with E-state index in [1.54, 1.807) is 12.1 Å². The van der Waals surface area contributed by atoms with E-state index in [0.29, 0.717) is 18.8 Å². The largest absolute Gasteiger partial charge is 0.482 e. The summed E-state index contributed by atoms with van der Waals surface area (Å²) in [6, 6.07) is 9.73. The number of sulfonamides is 1. The summed E-state index contributed by atoms with van der Waals surface area (Å²) in [6.07, 6.45) is 3.63. The van der Waals surface area contributed by atoms with E-state index < -0.39 is 28.5 Å². The summed E-state index contributed by atoms with van der Waals surface area (Å²) in [5.41, 5.74) is 2.13. The maximum Gasteiger partial charge on any atom is 0.344 e. The Balaban J connectivity index is 1.56. The Hall–Kier alpha value is -2.62. The van der Waals surface area contributed by atoms with Crippen LogP contribution in [0.2, 0.25) is 5.02 Å². The number of hydrogen-bond donors (Lipinski definition) is 1. The third kappa shape index (κ3) is 7.19. The molecule has 184 valence electrons. The molecule has 0 radical (unpaired) electrons. The third-order valence-electron chi connectivity index (χ3n) is 5.33. The number of halogens is 1. The van der Waals surface area contributed by atoms with Crippen LogP contribution in [-0.4, -0.2) is 50.9 Å². The minimum atomic E-state index is -3.70. The molecule has 0 atom stereocenters. The molecule has 0 unspecified atom stereocenters. The summed E-state index contributed by atoms with van der Waals surface area (Å²) in [5, 5.41) is 2.68. The standard InChI is InChI=1S/C24H29ClN2O6S/c1-17-11-18(2)13-19(12-17)32-16-24(29)33-15-23(28)26-22-14-20(7-8-21(22)25)34(30,31)27-9-5-3-4-6-10-27/h7-8,11-14H,3-6,9-10,15-16H2,1-2H3,(H,26,28). The van der Waals surface area contributed by atoms with Crippen molar-refractivity contribution in [3.8, 4) is 5.75 Å². The van der Waals surface area contributed by atoms with Crippen LogP contribution in [0.5, 0.6) is 5.75 Å². The van der Waals surface area contributed by atoms with Gasteiger partial charge >= 0.3 is 5.97 Å². The maximum absolute atomic E-state index is 13.0. The van der Waals surface area contributed by atoms with Crippen molar-refractivity contribution in [2.75, 3.05) is 31.6 Å². The van der Waals surface area contributed by atoms with Gasteiger partial charge in [0.2, 0.25) is 10.0 Å². The Kier molecular flexibility index (Phi) is 8.93. The van der Waals surface area contributed by atoms with Crippen LogP contribution < -0.4 is 10.1 Å². The van der Waals surface area contributed by atoms with Gasteiger partial charge in [0.05, 0.1) is 15.6 Å². The lowest BCUT2D eigenvalue weighted by molar-refractivity contribution is -0.149. The number of benzene rings is 2. The van der Waals surface area contributed by atoms with Crippen LogP contribution in [0.15, 0.2) is 41.3 Å². The van der Waals surface area contributed by atoms with Crippen LogP contribution >= 0.6 is 11.6 Å². The summed E-state index contributed by atoms with van der Waals surface area (Å²) < 4.78 is 37.9. The molecule has 0 aliphatic carbocycles. The van der Waals surface area contributed by atoms with Crippen molar-refractivity contribution in [1.82, 2.24) is 4.31 Å². The number of amides is 1. The predicted molar refractivity (Wildman–Crippen MR) is 130 cm³/mol. The van der Waals surface area contributed by atoms with Gasteiger partial charge in [0, 0.05) is 13.1 Å². The van der Waals surface area contributed by atoms with Crippen molar-refractivity contribution in [2.45, 2.75) is 44.4 Å². The highest BCUT2D eigenvalue weighted by molar-refractivity contribution is 7.89. The van der Waals surface area contributed by atoms with Crippen LogP contribution in [0, 0.1) is 13.8 Å². The second kappa shape index (κ2) is 11.7. The summed E-state index contributed by atoms with van der Waals surface area (Å²) >= 11 is 6.16. The first-order valence-electron chi connectivity index (χ1n) is 11.1. The number of ether oxygens (including phenoxy) is 2. The Labute approximate surface area is 205 Å². The summed E-state index contributed by atoms with van der Waals surface area (Å²) in [6.45, 7) is 3.86. The number of rotatable bonds is 8. The van der Waals surface area contributed by atoms with Crippen molar-refractivity contribution in [1.29, 1.82) is 0 Å². The zero-order chi connectivity index (χ0) is 24.7. The second-order valence-corrected chi connectivity index (χ2v) is 10.6. The van der Waals surface area contributed by atoms with Gasteiger partial charge in [-0.3, -0.25) is 4.79 Å². The average molecular weight is 509 g/mol. The quantitative estimate of drug-likeness (QED) is 0.539. The molecule has 34 heavy (non-hydrogen) atoms. The molecule has 8 nitrogen and oxygen atoms in total. The number of carbonyl (C=O) groups excluding carboxylic acids is 2. The molecular weight excluding hydrogens is 480 g/mol. The van der Waals surface area contributed by atoms with Gasteiger partial charge in [0.25, 0.3) is 5.91 Å². The van der Waals surface area contributed by atoms with E-state index in [-0.39, 0.29) is 22.2 Å². The molecule has 1 N–H and O–H groups in total. The Morgan fingerprint density at radius 3 is 2.26 bits per heavy atom. The fraction of sp³-hybridized carbons (Fsp3) is 0.417.